The standard InChI is InChI=1S/C19H25BrN2S/c1-21(13-16-5-3-2-4-6-16)14-17-7-10-22(11-8-17)15-19-18(20)9-12-23-19/h2-6,9,12,17H,7-8,10-11,13-15H2,1H3. The number of rotatable bonds is 6. The molecule has 0 unspecified atom stereocenters. The number of likely N-dealkylation sites (tertiary alicyclic amines) is 1. The van der Waals surface area contributed by atoms with Gasteiger partial charge in [-0.15, -0.1) is 11.3 Å². The van der Waals surface area contributed by atoms with Crippen molar-refractivity contribution in [2.45, 2.75) is 25.9 Å². The number of hydrogen-bond donors (Lipinski definition) is 0. The highest BCUT2D eigenvalue weighted by atomic mass is 79.9. The molecular weight excluding hydrogens is 368 g/mol. The van der Waals surface area contributed by atoms with Gasteiger partial charge < -0.3 is 4.90 Å². The predicted octanol–water partition coefficient (Wildman–Crippen LogP) is 4.85. The lowest BCUT2D eigenvalue weighted by Gasteiger charge is -2.33. The first-order valence-electron chi connectivity index (χ1n) is 8.37. The van der Waals surface area contributed by atoms with Gasteiger partial charge in [-0.25, -0.2) is 0 Å². The average molecular weight is 393 g/mol. The normalized spacial score (nSPS) is 17.0. The minimum Gasteiger partial charge on any atom is -0.302 e. The second-order valence-corrected chi connectivity index (χ2v) is 8.45. The summed E-state index contributed by atoms with van der Waals surface area (Å²) in [4.78, 5) is 6.54. The molecule has 0 N–H and O–H groups in total. The summed E-state index contributed by atoms with van der Waals surface area (Å²) in [6.07, 6.45) is 2.64. The number of thiophene rings is 1. The van der Waals surface area contributed by atoms with Crippen LogP contribution in [0.4, 0.5) is 0 Å². The van der Waals surface area contributed by atoms with E-state index in [9.17, 15) is 0 Å². The Hall–Kier alpha value is -0.680. The van der Waals surface area contributed by atoms with Gasteiger partial charge in [0.1, 0.15) is 0 Å². The fraction of sp³-hybridized carbons (Fsp3) is 0.474. The average Bonchev–Trinajstić information content (AvgIpc) is 2.95. The number of benzene rings is 1. The largest absolute Gasteiger partial charge is 0.302 e. The molecule has 0 radical (unpaired) electrons. The Morgan fingerprint density at radius 3 is 2.57 bits per heavy atom. The van der Waals surface area contributed by atoms with E-state index in [4.69, 9.17) is 0 Å². The molecule has 2 nitrogen and oxygen atoms in total. The van der Waals surface area contributed by atoms with Crippen molar-refractivity contribution in [3.63, 3.8) is 0 Å². The van der Waals surface area contributed by atoms with Gasteiger partial charge in [0.15, 0.2) is 0 Å². The molecule has 0 aliphatic carbocycles. The molecule has 0 bridgehead atoms. The minimum atomic E-state index is 0.840. The Balaban J connectivity index is 1.41. The molecular formula is C19H25BrN2S. The minimum absolute atomic E-state index is 0.840. The maximum Gasteiger partial charge on any atom is 0.0339 e. The van der Waals surface area contributed by atoms with Gasteiger partial charge in [0.2, 0.25) is 0 Å². The summed E-state index contributed by atoms with van der Waals surface area (Å²) >= 11 is 5.51. The van der Waals surface area contributed by atoms with Crippen LogP contribution in [0.2, 0.25) is 0 Å². The maximum atomic E-state index is 3.65. The Kier molecular flexibility index (Phi) is 6.29. The number of halogens is 1. The summed E-state index contributed by atoms with van der Waals surface area (Å²) in [6.45, 7) is 5.84. The molecule has 4 heteroatoms. The van der Waals surface area contributed by atoms with Crippen molar-refractivity contribution in [3.05, 3.63) is 56.7 Å². The van der Waals surface area contributed by atoms with Crippen LogP contribution >= 0.6 is 27.3 Å². The molecule has 1 saturated heterocycles. The van der Waals surface area contributed by atoms with Gasteiger partial charge in [-0.1, -0.05) is 30.3 Å². The molecule has 23 heavy (non-hydrogen) atoms. The SMILES string of the molecule is CN(Cc1ccccc1)CC1CCN(Cc2sccc2Br)CC1. The molecule has 0 saturated carbocycles. The van der Waals surface area contributed by atoms with Gasteiger partial charge in [0.05, 0.1) is 0 Å². The lowest BCUT2D eigenvalue weighted by molar-refractivity contribution is 0.148. The monoisotopic (exact) mass is 392 g/mol. The predicted molar refractivity (Wildman–Crippen MR) is 103 cm³/mol. The van der Waals surface area contributed by atoms with Gasteiger partial charge in [-0.05, 0) is 71.8 Å². The molecule has 0 atom stereocenters. The van der Waals surface area contributed by atoms with Crippen LogP contribution in [0.15, 0.2) is 46.3 Å². The molecule has 2 aromatic rings. The van der Waals surface area contributed by atoms with Gasteiger partial charge in [-0.2, -0.15) is 0 Å². The zero-order chi connectivity index (χ0) is 16.1. The number of hydrogen-bond acceptors (Lipinski definition) is 3. The van der Waals surface area contributed by atoms with Crippen molar-refractivity contribution >= 4 is 27.3 Å². The van der Waals surface area contributed by atoms with Crippen molar-refractivity contribution in [1.82, 2.24) is 9.80 Å². The van der Waals surface area contributed by atoms with Crippen molar-refractivity contribution in [2.75, 3.05) is 26.7 Å². The third-order valence-corrected chi connectivity index (χ3v) is 6.54. The zero-order valence-electron chi connectivity index (χ0n) is 13.7. The first-order chi connectivity index (χ1) is 11.2. The van der Waals surface area contributed by atoms with Gasteiger partial charge >= 0.3 is 0 Å². The van der Waals surface area contributed by atoms with Gasteiger partial charge in [0, 0.05) is 29.0 Å². The Labute approximate surface area is 152 Å². The number of piperidine rings is 1. The van der Waals surface area contributed by atoms with E-state index in [1.807, 2.05) is 11.3 Å². The van der Waals surface area contributed by atoms with Crippen LogP contribution < -0.4 is 0 Å². The van der Waals surface area contributed by atoms with E-state index in [1.54, 1.807) is 0 Å². The van der Waals surface area contributed by atoms with Gasteiger partial charge in [0.25, 0.3) is 0 Å². The Morgan fingerprint density at radius 2 is 1.91 bits per heavy atom. The van der Waals surface area contributed by atoms with Crippen molar-refractivity contribution < 1.29 is 0 Å². The van der Waals surface area contributed by atoms with E-state index in [2.05, 4.69) is 74.6 Å². The number of nitrogens with zero attached hydrogens (tertiary/aromatic N) is 2. The van der Waals surface area contributed by atoms with Crippen molar-refractivity contribution in [1.29, 1.82) is 0 Å². The fourth-order valence-electron chi connectivity index (χ4n) is 3.37. The van der Waals surface area contributed by atoms with E-state index >= 15 is 0 Å². The topological polar surface area (TPSA) is 6.48 Å². The molecule has 1 aliphatic rings. The highest BCUT2D eigenvalue weighted by molar-refractivity contribution is 9.10. The summed E-state index contributed by atoms with van der Waals surface area (Å²) in [6, 6.07) is 12.9. The highest BCUT2D eigenvalue weighted by Gasteiger charge is 2.21. The van der Waals surface area contributed by atoms with Crippen molar-refractivity contribution in [2.24, 2.45) is 5.92 Å². The van der Waals surface area contributed by atoms with Gasteiger partial charge in [-0.3, -0.25) is 4.90 Å². The summed E-state index contributed by atoms with van der Waals surface area (Å²) in [5, 5.41) is 2.17. The molecule has 1 aromatic carbocycles. The maximum absolute atomic E-state index is 3.65. The van der Waals surface area contributed by atoms with Crippen molar-refractivity contribution in [3.8, 4) is 0 Å². The van der Waals surface area contributed by atoms with E-state index in [0.29, 0.717) is 0 Å². The highest BCUT2D eigenvalue weighted by Crippen LogP contribution is 2.26. The molecule has 124 valence electrons. The fourth-order valence-corrected chi connectivity index (χ4v) is 4.89. The quantitative estimate of drug-likeness (QED) is 0.692. The van der Waals surface area contributed by atoms with Crippen LogP contribution in [-0.4, -0.2) is 36.5 Å². The Morgan fingerprint density at radius 1 is 1.17 bits per heavy atom. The molecule has 1 aromatic heterocycles. The van der Waals surface area contributed by atoms with E-state index in [-0.39, 0.29) is 0 Å². The third-order valence-electron chi connectivity index (χ3n) is 4.63. The zero-order valence-corrected chi connectivity index (χ0v) is 16.2. The lowest BCUT2D eigenvalue weighted by Crippen LogP contribution is -2.37. The van der Waals surface area contributed by atoms with Crippen LogP contribution in [0.5, 0.6) is 0 Å². The van der Waals surface area contributed by atoms with Crippen LogP contribution in [0.3, 0.4) is 0 Å². The van der Waals surface area contributed by atoms with E-state index in [1.165, 1.54) is 47.4 Å². The second-order valence-electron chi connectivity index (χ2n) is 6.59. The second kappa shape index (κ2) is 8.43. The molecule has 1 aliphatic heterocycles. The van der Waals surface area contributed by atoms with Crippen LogP contribution in [-0.2, 0) is 13.1 Å². The van der Waals surface area contributed by atoms with Crippen LogP contribution in [0.25, 0.3) is 0 Å². The molecule has 3 rings (SSSR count). The summed E-state index contributed by atoms with van der Waals surface area (Å²) < 4.78 is 1.27. The summed E-state index contributed by atoms with van der Waals surface area (Å²) in [7, 11) is 2.25. The first-order valence-corrected chi connectivity index (χ1v) is 10.0. The Bertz CT molecular complexity index is 590. The molecule has 0 spiro atoms. The van der Waals surface area contributed by atoms with E-state index in [0.717, 1.165) is 19.0 Å². The smallest absolute Gasteiger partial charge is 0.0339 e. The molecule has 2 heterocycles. The lowest BCUT2D eigenvalue weighted by atomic mass is 9.96. The molecule has 1 fully saturated rings. The van der Waals surface area contributed by atoms with Crippen LogP contribution in [0.1, 0.15) is 23.3 Å². The van der Waals surface area contributed by atoms with E-state index < -0.39 is 0 Å². The first kappa shape index (κ1) is 17.2. The summed E-state index contributed by atoms with van der Waals surface area (Å²) in [5.74, 6) is 0.840. The third kappa shape index (κ3) is 5.15. The summed E-state index contributed by atoms with van der Waals surface area (Å²) in [5.41, 5.74) is 1.41. The molecule has 0 amide bonds. The van der Waals surface area contributed by atoms with Crippen LogP contribution in [0, 0.1) is 5.92 Å².